The van der Waals surface area contributed by atoms with E-state index in [1.165, 1.54) is 24.1 Å². The molecule has 3 N–H and O–H groups in total. The summed E-state index contributed by atoms with van der Waals surface area (Å²) in [5.41, 5.74) is 9.27. The van der Waals surface area contributed by atoms with E-state index in [-0.39, 0.29) is 11.5 Å². The number of hydrogen-bond acceptors (Lipinski definition) is 3. The number of nitrogens with one attached hydrogen (secondary N) is 1. The minimum atomic E-state index is 0.202. The van der Waals surface area contributed by atoms with Crippen LogP contribution in [0, 0.1) is 0 Å². The molecule has 1 aliphatic carbocycles. The molecule has 1 aliphatic heterocycles. The third kappa shape index (κ3) is 1.54. The standard InChI is InChI=1S/C13H22N4/c1-9(2)17-5-3-13(4-6-17)10-8-15-16-11(10)7-12(13)14/h8-9,12H,3-7,14H2,1-2H3,(H,15,16)/t12-/m1/s1. The van der Waals surface area contributed by atoms with Gasteiger partial charge in [0.05, 0.1) is 6.20 Å². The molecule has 4 nitrogen and oxygen atoms in total. The third-order valence-electron chi connectivity index (χ3n) is 4.81. The molecule has 1 saturated heterocycles. The lowest BCUT2D eigenvalue weighted by Crippen LogP contribution is -2.51. The normalized spacial score (nSPS) is 27.9. The van der Waals surface area contributed by atoms with Crippen LogP contribution in [0.2, 0.25) is 0 Å². The van der Waals surface area contributed by atoms with Crippen molar-refractivity contribution in [3.05, 3.63) is 17.5 Å². The molecule has 0 amide bonds. The molecular weight excluding hydrogens is 212 g/mol. The lowest BCUT2D eigenvalue weighted by molar-refractivity contribution is 0.120. The van der Waals surface area contributed by atoms with E-state index >= 15 is 0 Å². The minimum absolute atomic E-state index is 0.202. The Bertz CT molecular complexity index is 401. The summed E-state index contributed by atoms with van der Waals surface area (Å²) in [6.07, 6.45) is 5.34. The Balaban J connectivity index is 1.85. The van der Waals surface area contributed by atoms with E-state index in [2.05, 4.69) is 28.9 Å². The number of aromatic nitrogens is 2. The van der Waals surface area contributed by atoms with Gasteiger partial charge in [0.15, 0.2) is 0 Å². The molecule has 0 radical (unpaired) electrons. The van der Waals surface area contributed by atoms with Crippen LogP contribution in [0.1, 0.15) is 37.9 Å². The van der Waals surface area contributed by atoms with Gasteiger partial charge in [-0.1, -0.05) is 0 Å². The van der Waals surface area contributed by atoms with E-state index in [9.17, 15) is 0 Å². The molecule has 0 bridgehead atoms. The molecule has 3 rings (SSSR count). The quantitative estimate of drug-likeness (QED) is 0.763. The van der Waals surface area contributed by atoms with E-state index in [1.807, 2.05) is 6.20 Å². The van der Waals surface area contributed by atoms with Gasteiger partial charge in [0, 0.05) is 35.2 Å². The third-order valence-corrected chi connectivity index (χ3v) is 4.81. The van der Waals surface area contributed by atoms with Crippen molar-refractivity contribution in [2.75, 3.05) is 13.1 Å². The van der Waals surface area contributed by atoms with Gasteiger partial charge in [-0.15, -0.1) is 0 Å². The van der Waals surface area contributed by atoms with Gasteiger partial charge in [0.1, 0.15) is 0 Å². The second-order valence-electron chi connectivity index (χ2n) is 5.86. The van der Waals surface area contributed by atoms with Crippen molar-refractivity contribution in [2.45, 2.75) is 50.6 Å². The van der Waals surface area contributed by atoms with Crippen molar-refractivity contribution >= 4 is 0 Å². The maximum Gasteiger partial charge on any atom is 0.0528 e. The van der Waals surface area contributed by atoms with Crippen molar-refractivity contribution in [2.24, 2.45) is 5.73 Å². The van der Waals surface area contributed by atoms with E-state index in [0.717, 1.165) is 19.5 Å². The predicted molar refractivity (Wildman–Crippen MR) is 67.9 cm³/mol. The molecule has 17 heavy (non-hydrogen) atoms. The molecular formula is C13H22N4. The fourth-order valence-electron chi connectivity index (χ4n) is 3.59. The van der Waals surface area contributed by atoms with Crippen LogP contribution in [0.5, 0.6) is 0 Å². The highest BCUT2D eigenvalue weighted by atomic mass is 15.2. The Labute approximate surface area is 103 Å². The van der Waals surface area contributed by atoms with Crippen molar-refractivity contribution in [1.29, 1.82) is 0 Å². The van der Waals surface area contributed by atoms with Gasteiger partial charge in [0.2, 0.25) is 0 Å². The lowest BCUT2D eigenvalue weighted by atomic mass is 9.72. The van der Waals surface area contributed by atoms with Gasteiger partial charge in [-0.25, -0.2) is 0 Å². The number of nitrogens with zero attached hydrogens (tertiary/aromatic N) is 2. The zero-order valence-electron chi connectivity index (χ0n) is 10.7. The first-order chi connectivity index (χ1) is 8.13. The Hall–Kier alpha value is -0.870. The molecule has 1 fully saturated rings. The fourth-order valence-corrected chi connectivity index (χ4v) is 3.59. The van der Waals surface area contributed by atoms with Crippen molar-refractivity contribution < 1.29 is 0 Å². The van der Waals surface area contributed by atoms with E-state index in [1.54, 1.807) is 0 Å². The molecule has 0 unspecified atom stereocenters. The van der Waals surface area contributed by atoms with Crippen molar-refractivity contribution in [1.82, 2.24) is 15.1 Å². The summed E-state index contributed by atoms with van der Waals surface area (Å²) in [5.74, 6) is 0. The van der Waals surface area contributed by atoms with Crippen molar-refractivity contribution in [3.63, 3.8) is 0 Å². The Morgan fingerprint density at radius 2 is 2.18 bits per heavy atom. The molecule has 2 heterocycles. The summed E-state index contributed by atoms with van der Waals surface area (Å²) in [5, 5.41) is 7.30. The maximum atomic E-state index is 6.39. The number of H-pyrrole nitrogens is 1. The van der Waals surface area contributed by atoms with Crippen LogP contribution >= 0.6 is 0 Å². The highest BCUT2D eigenvalue weighted by Gasteiger charge is 2.47. The zero-order valence-corrected chi connectivity index (χ0v) is 10.7. The smallest absolute Gasteiger partial charge is 0.0528 e. The topological polar surface area (TPSA) is 57.9 Å². The summed E-state index contributed by atoms with van der Waals surface area (Å²) in [6, 6.07) is 0.926. The summed E-state index contributed by atoms with van der Waals surface area (Å²) in [6.45, 7) is 6.87. The van der Waals surface area contributed by atoms with Crippen LogP contribution in [0.25, 0.3) is 0 Å². The number of rotatable bonds is 1. The Morgan fingerprint density at radius 3 is 2.82 bits per heavy atom. The summed E-state index contributed by atoms with van der Waals surface area (Å²) in [7, 11) is 0. The second-order valence-corrected chi connectivity index (χ2v) is 5.86. The van der Waals surface area contributed by atoms with Gasteiger partial charge in [0.25, 0.3) is 0 Å². The highest BCUT2D eigenvalue weighted by Crippen LogP contribution is 2.44. The van der Waals surface area contributed by atoms with Crippen LogP contribution in [0.3, 0.4) is 0 Å². The fraction of sp³-hybridized carbons (Fsp3) is 0.769. The number of piperidine rings is 1. The Kier molecular flexibility index (Phi) is 2.52. The molecule has 4 heteroatoms. The van der Waals surface area contributed by atoms with Gasteiger partial charge in [-0.05, 0) is 39.8 Å². The number of fused-ring (bicyclic) bond motifs is 2. The molecule has 1 atom stereocenters. The zero-order chi connectivity index (χ0) is 12.0. The minimum Gasteiger partial charge on any atom is -0.327 e. The molecule has 0 aromatic carbocycles. The average Bonchev–Trinajstić information content (AvgIpc) is 2.85. The monoisotopic (exact) mass is 234 g/mol. The molecule has 1 aromatic heterocycles. The molecule has 0 saturated carbocycles. The largest absolute Gasteiger partial charge is 0.327 e. The Morgan fingerprint density at radius 1 is 1.47 bits per heavy atom. The van der Waals surface area contributed by atoms with Crippen LogP contribution < -0.4 is 5.73 Å². The molecule has 1 aromatic rings. The van der Waals surface area contributed by atoms with E-state index in [0.29, 0.717) is 6.04 Å². The lowest BCUT2D eigenvalue weighted by Gasteiger charge is -2.43. The second kappa shape index (κ2) is 3.82. The van der Waals surface area contributed by atoms with E-state index < -0.39 is 0 Å². The SMILES string of the molecule is CC(C)N1CCC2(CC1)c1cn[nH]c1C[C@H]2N. The molecule has 94 valence electrons. The summed E-state index contributed by atoms with van der Waals surface area (Å²) >= 11 is 0. The van der Waals surface area contributed by atoms with Crippen molar-refractivity contribution in [3.8, 4) is 0 Å². The van der Waals surface area contributed by atoms with Gasteiger partial charge >= 0.3 is 0 Å². The van der Waals surface area contributed by atoms with Crippen LogP contribution in [0.4, 0.5) is 0 Å². The number of nitrogens with two attached hydrogens (primary N) is 1. The average molecular weight is 234 g/mol. The predicted octanol–water partition coefficient (Wildman–Crippen LogP) is 1.04. The van der Waals surface area contributed by atoms with Gasteiger partial charge in [-0.3, -0.25) is 5.10 Å². The maximum absolute atomic E-state index is 6.39. The first-order valence-electron chi connectivity index (χ1n) is 6.66. The van der Waals surface area contributed by atoms with Crippen LogP contribution in [-0.2, 0) is 11.8 Å². The van der Waals surface area contributed by atoms with Crippen LogP contribution in [0.15, 0.2) is 6.20 Å². The first kappa shape index (κ1) is 11.2. The summed E-state index contributed by atoms with van der Waals surface area (Å²) in [4.78, 5) is 2.55. The molecule has 1 spiro atoms. The number of likely N-dealkylation sites (tertiary alicyclic amines) is 1. The van der Waals surface area contributed by atoms with Crippen LogP contribution in [-0.4, -0.2) is 40.3 Å². The van der Waals surface area contributed by atoms with Gasteiger partial charge in [-0.2, -0.15) is 5.10 Å². The summed E-state index contributed by atoms with van der Waals surface area (Å²) < 4.78 is 0. The van der Waals surface area contributed by atoms with Gasteiger partial charge < -0.3 is 10.6 Å². The number of aromatic amines is 1. The number of hydrogen-bond donors (Lipinski definition) is 2. The van der Waals surface area contributed by atoms with E-state index in [4.69, 9.17) is 5.73 Å². The highest BCUT2D eigenvalue weighted by molar-refractivity contribution is 5.37. The molecule has 2 aliphatic rings. The first-order valence-corrected chi connectivity index (χ1v) is 6.66.